The van der Waals surface area contributed by atoms with Crippen molar-refractivity contribution in [2.45, 2.75) is 13.0 Å². The summed E-state index contributed by atoms with van der Waals surface area (Å²) in [6.07, 6.45) is 1.57. The van der Waals surface area contributed by atoms with E-state index in [2.05, 4.69) is 5.10 Å². The fourth-order valence-corrected chi connectivity index (χ4v) is 2.41. The van der Waals surface area contributed by atoms with Crippen LogP contribution in [0, 0.1) is 0 Å². The van der Waals surface area contributed by atoms with Gasteiger partial charge >= 0.3 is 0 Å². The van der Waals surface area contributed by atoms with Crippen molar-refractivity contribution in [2.75, 3.05) is 10.8 Å². The lowest BCUT2D eigenvalue weighted by Gasteiger charge is -2.23. The minimum Gasteiger partial charge on any atom is -0.305 e. The Labute approximate surface area is 138 Å². The number of benzene rings is 1. The number of hydrogen-bond acceptors (Lipinski definition) is 3. The molecule has 2 aromatic rings. The summed E-state index contributed by atoms with van der Waals surface area (Å²) < 4.78 is 1.12. The topological polar surface area (TPSA) is 55.2 Å². The molecule has 0 saturated carbocycles. The van der Waals surface area contributed by atoms with E-state index in [0.29, 0.717) is 12.2 Å². The van der Waals surface area contributed by atoms with E-state index in [4.69, 9.17) is 23.2 Å². The van der Waals surface area contributed by atoms with E-state index in [9.17, 15) is 9.59 Å². The largest absolute Gasteiger partial charge is 0.305 e. The third-order valence-electron chi connectivity index (χ3n) is 3.14. The maximum atomic E-state index is 12.3. The second-order valence-electron chi connectivity index (χ2n) is 4.68. The molecular weight excluding hydrogens is 325 g/mol. The van der Waals surface area contributed by atoms with Crippen LogP contribution in [-0.2, 0) is 18.4 Å². The number of amides is 1. The van der Waals surface area contributed by atoms with E-state index in [1.54, 1.807) is 0 Å². The number of alkyl halides is 1. The first-order valence-electron chi connectivity index (χ1n) is 6.66. The van der Waals surface area contributed by atoms with Gasteiger partial charge in [0.2, 0.25) is 5.91 Å². The molecule has 1 aromatic heterocycles. The van der Waals surface area contributed by atoms with Crippen molar-refractivity contribution in [1.29, 1.82) is 0 Å². The van der Waals surface area contributed by atoms with Gasteiger partial charge in [0.05, 0.1) is 18.4 Å². The molecule has 1 aromatic carbocycles. The number of anilines is 1. The van der Waals surface area contributed by atoms with Crippen LogP contribution in [0.25, 0.3) is 0 Å². The Hall–Kier alpha value is -1.85. The Kier molecular flexibility index (Phi) is 5.57. The minimum absolute atomic E-state index is 0.0312. The molecule has 116 valence electrons. The Morgan fingerprint density at radius 1 is 1.32 bits per heavy atom. The Bertz CT molecular complexity index is 716. The van der Waals surface area contributed by atoms with Crippen molar-refractivity contribution >= 4 is 34.8 Å². The molecule has 0 aliphatic carbocycles. The van der Waals surface area contributed by atoms with Crippen LogP contribution in [0.4, 0.5) is 5.69 Å². The first kappa shape index (κ1) is 16.5. The van der Waals surface area contributed by atoms with Crippen molar-refractivity contribution < 1.29 is 4.79 Å². The quantitative estimate of drug-likeness (QED) is 0.786. The second kappa shape index (κ2) is 7.42. The molecule has 7 heteroatoms. The van der Waals surface area contributed by atoms with Crippen LogP contribution in [0.5, 0.6) is 0 Å². The van der Waals surface area contributed by atoms with Crippen LogP contribution in [0.3, 0.4) is 0 Å². The molecule has 0 atom stereocenters. The van der Waals surface area contributed by atoms with Gasteiger partial charge in [-0.1, -0.05) is 41.9 Å². The molecule has 0 bridgehead atoms. The molecule has 0 radical (unpaired) electrons. The molecular formula is C15H15Cl2N3O2. The van der Waals surface area contributed by atoms with Crippen molar-refractivity contribution in [3.63, 3.8) is 0 Å². The van der Waals surface area contributed by atoms with Gasteiger partial charge in [0.15, 0.2) is 0 Å². The molecule has 0 unspecified atom stereocenters. The van der Waals surface area contributed by atoms with Crippen molar-refractivity contribution in [3.8, 4) is 0 Å². The normalized spacial score (nSPS) is 10.5. The SMILES string of the molecule is Cn1ncc(N(Cc2ccccc2)C(=O)CCCl)c(Cl)c1=O. The Balaban J connectivity index is 2.43. The van der Waals surface area contributed by atoms with Gasteiger partial charge in [0, 0.05) is 19.3 Å². The molecule has 2 rings (SSSR count). The van der Waals surface area contributed by atoms with E-state index >= 15 is 0 Å². The number of aromatic nitrogens is 2. The summed E-state index contributed by atoms with van der Waals surface area (Å²) in [6, 6.07) is 9.43. The van der Waals surface area contributed by atoms with E-state index < -0.39 is 5.56 Å². The second-order valence-corrected chi connectivity index (χ2v) is 5.43. The highest BCUT2D eigenvalue weighted by Gasteiger charge is 2.21. The van der Waals surface area contributed by atoms with Crippen LogP contribution in [0.2, 0.25) is 5.02 Å². The van der Waals surface area contributed by atoms with Crippen LogP contribution >= 0.6 is 23.2 Å². The molecule has 0 saturated heterocycles. The standard InChI is InChI=1S/C15H15Cl2N3O2/c1-19-15(22)14(17)12(9-18-19)20(13(21)7-8-16)10-11-5-3-2-4-6-11/h2-6,9H,7-8,10H2,1H3. The Morgan fingerprint density at radius 2 is 2.00 bits per heavy atom. The lowest BCUT2D eigenvalue weighted by molar-refractivity contribution is -0.118. The molecule has 0 aliphatic heterocycles. The molecule has 22 heavy (non-hydrogen) atoms. The van der Waals surface area contributed by atoms with E-state index in [1.165, 1.54) is 18.1 Å². The maximum absolute atomic E-state index is 12.3. The smallest absolute Gasteiger partial charge is 0.287 e. The monoisotopic (exact) mass is 339 g/mol. The summed E-state index contributed by atoms with van der Waals surface area (Å²) >= 11 is 11.8. The predicted octanol–water partition coefficient (Wildman–Crippen LogP) is 2.60. The van der Waals surface area contributed by atoms with Gasteiger partial charge in [0.25, 0.3) is 5.56 Å². The fourth-order valence-electron chi connectivity index (χ4n) is 1.98. The minimum atomic E-state index is -0.448. The highest BCUT2D eigenvalue weighted by atomic mass is 35.5. The number of nitrogens with zero attached hydrogens (tertiary/aromatic N) is 3. The number of halogens is 2. The number of carbonyl (C=O) groups is 1. The number of hydrogen-bond donors (Lipinski definition) is 0. The third-order valence-corrected chi connectivity index (χ3v) is 3.69. The van der Waals surface area contributed by atoms with Crippen LogP contribution in [0.1, 0.15) is 12.0 Å². The van der Waals surface area contributed by atoms with Crippen LogP contribution in [0.15, 0.2) is 41.3 Å². The van der Waals surface area contributed by atoms with E-state index in [-0.39, 0.29) is 23.2 Å². The summed E-state index contributed by atoms with van der Waals surface area (Å²) in [5.41, 5.74) is 0.766. The molecule has 0 N–H and O–H groups in total. The van der Waals surface area contributed by atoms with Gasteiger partial charge in [-0.3, -0.25) is 9.59 Å². The average molecular weight is 340 g/mol. The summed E-state index contributed by atoms with van der Waals surface area (Å²) in [4.78, 5) is 25.7. The zero-order chi connectivity index (χ0) is 16.1. The first-order valence-corrected chi connectivity index (χ1v) is 7.58. The van der Waals surface area contributed by atoms with Crippen molar-refractivity contribution in [3.05, 3.63) is 57.5 Å². The number of rotatable bonds is 5. The first-order chi connectivity index (χ1) is 10.5. The van der Waals surface area contributed by atoms with Gasteiger partial charge in [-0.2, -0.15) is 5.10 Å². The highest BCUT2D eigenvalue weighted by molar-refractivity contribution is 6.33. The van der Waals surface area contributed by atoms with Gasteiger partial charge < -0.3 is 4.90 Å². The third kappa shape index (κ3) is 3.67. The van der Waals surface area contributed by atoms with Gasteiger partial charge in [-0.05, 0) is 5.56 Å². The van der Waals surface area contributed by atoms with Crippen LogP contribution < -0.4 is 10.5 Å². The average Bonchev–Trinajstić information content (AvgIpc) is 2.52. The van der Waals surface area contributed by atoms with Crippen molar-refractivity contribution in [1.82, 2.24) is 9.78 Å². The zero-order valence-corrected chi connectivity index (χ0v) is 13.5. The maximum Gasteiger partial charge on any atom is 0.287 e. The molecule has 1 amide bonds. The predicted molar refractivity (Wildman–Crippen MR) is 87.5 cm³/mol. The highest BCUT2D eigenvalue weighted by Crippen LogP contribution is 2.24. The lowest BCUT2D eigenvalue weighted by Crippen LogP contribution is -2.33. The number of carbonyl (C=O) groups excluding carboxylic acids is 1. The molecule has 0 fully saturated rings. The van der Waals surface area contributed by atoms with Crippen LogP contribution in [-0.4, -0.2) is 21.6 Å². The molecule has 0 spiro atoms. The van der Waals surface area contributed by atoms with E-state index in [1.807, 2.05) is 30.3 Å². The van der Waals surface area contributed by atoms with Crippen molar-refractivity contribution in [2.24, 2.45) is 7.05 Å². The lowest BCUT2D eigenvalue weighted by atomic mass is 10.2. The molecule has 0 aliphatic rings. The van der Waals surface area contributed by atoms with Gasteiger partial charge in [-0.25, -0.2) is 4.68 Å². The summed E-state index contributed by atoms with van der Waals surface area (Å²) in [5, 5.41) is 3.91. The number of aryl methyl sites for hydroxylation is 1. The molecule has 5 nitrogen and oxygen atoms in total. The molecule has 1 heterocycles. The summed E-state index contributed by atoms with van der Waals surface area (Å²) in [7, 11) is 1.50. The zero-order valence-electron chi connectivity index (χ0n) is 12.0. The summed E-state index contributed by atoms with van der Waals surface area (Å²) in [6.45, 7) is 0.297. The van der Waals surface area contributed by atoms with Gasteiger partial charge in [-0.15, -0.1) is 11.6 Å². The Morgan fingerprint density at radius 3 is 2.64 bits per heavy atom. The van der Waals surface area contributed by atoms with E-state index in [0.717, 1.165) is 10.2 Å². The fraction of sp³-hybridized carbons (Fsp3) is 0.267. The summed E-state index contributed by atoms with van der Waals surface area (Å²) in [5.74, 6) is -0.0178. The van der Waals surface area contributed by atoms with Gasteiger partial charge in [0.1, 0.15) is 5.02 Å².